The van der Waals surface area contributed by atoms with Crippen LogP contribution in [0.1, 0.15) is 20.8 Å². The molecule has 4 atom stereocenters. The maximum Gasteiger partial charge on any atom is 0.417 e. The highest BCUT2D eigenvalue weighted by atomic mass is 31.2. The molecule has 2 rings (SSSR count). The van der Waals surface area contributed by atoms with Crippen LogP contribution in [0.15, 0.2) is 18.3 Å². The van der Waals surface area contributed by atoms with Crippen LogP contribution in [0.3, 0.4) is 0 Å². The zero-order chi connectivity index (χ0) is 18.1. The number of carboxylic acids is 1. The van der Waals surface area contributed by atoms with Crippen LogP contribution in [0.25, 0.3) is 0 Å². The molecule has 24 heavy (non-hydrogen) atoms. The van der Waals surface area contributed by atoms with Crippen molar-refractivity contribution in [2.24, 2.45) is 0 Å². The van der Waals surface area contributed by atoms with Crippen LogP contribution < -0.4 is 0 Å². The van der Waals surface area contributed by atoms with Crippen molar-refractivity contribution < 1.29 is 48.7 Å². The summed E-state index contributed by atoms with van der Waals surface area (Å²) >= 11 is 0. The number of aliphatic hydroxyl groups excluding tert-OH is 3. The van der Waals surface area contributed by atoms with Gasteiger partial charge in [-0.15, -0.1) is 0 Å². The van der Waals surface area contributed by atoms with Crippen molar-refractivity contribution in [3.63, 3.8) is 0 Å². The number of hydrogen-bond acceptors (Lipinski definition) is 9. The first-order valence-electron chi connectivity index (χ1n) is 6.45. The van der Waals surface area contributed by atoms with Gasteiger partial charge in [0.25, 0.3) is 5.85 Å². The normalized spacial score (nSPS) is 26.8. The van der Waals surface area contributed by atoms with Gasteiger partial charge < -0.3 is 34.6 Å². The molecule has 1 aliphatic heterocycles. The average molecular weight is 362 g/mol. The molecule has 1 aromatic heterocycles. The van der Waals surface area contributed by atoms with E-state index >= 15 is 0 Å². The number of pyridine rings is 1. The van der Waals surface area contributed by atoms with Crippen LogP contribution >= 0.6 is 7.60 Å². The predicted octanol–water partition coefficient (Wildman–Crippen LogP) is -1.28. The molecule has 2 heterocycles. The first-order chi connectivity index (χ1) is 11.2. The number of aromatic nitrogens is 1. The molecule has 1 aliphatic rings. The van der Waals surface area contributed by atoms with Gasteiger partial charge in [-0.25, -0.2) is 19.1 Å². The molecule has 0 bridgehead atoms. The molecule has 11 nitrogen and oxygen atoms in total. The molecule has 1 fully saturated rings. The molecular weight excluding hydrogens is 349 g/mol. The van der Waals surface area contributed by atoms with Crippen molar-refractivity contribution in [3.05, 3.63) is 35.4 Å². The quantitative estimate of drug-likeness (QED) is 0.393. The van der Waals surface area contributed by atoms with Crippen molar-refractivity contribution in [2.75, 3.05) is 6.61 Å². The lowest BCUT2D eigenvalue weighted by atomic mass is 10.2. The molecule has 0 aliphatic carbocycles. The summed E-state index contributed by atoms with van der Waals surface area (Å²) < 4.78 is 21.2. The van der Waals surface area contributed by atoms with Gasteiger partial charge in [0.2, 0.25) is 0 Å². The Hall–Kier alpha value is -1.88. The Balaban J connectivity index is 2.22. The van der Waals surface area contributed by atoms with Crippen molar-refractivity contribution in [1.82, 2.24) is 4.98 Å². The van der Waals surface area contributed by atoms with Crippen LogP contribution in [-0.4, -0.2) is 67.2 Å². The summed E-state index contributed by atoms with van der Waals surface area (Å²) in [7, 11) is -5.07. The Morgan fingerprint density at radius 1 is 1.38 bits per heavy atom. The van der Waals surface area contributed by atoms with Crippen LogP contribution in [0, 0.1) is 5.85 Å². The van der Waals surface area contributed by atoms with Crippen LogP contribution in [-0.2, 0) is 13.8 Å². The molecule has 1 saturated heterocycles. The van der Waals surface area contributed by atoms with E-state index in [2.05, 4.69) is 9.51 Å². The molecule has 1 aromatic rings. The smallest absolute Gasteiger partial charge is 0.417 e. The number of aromatic carboxylic acids is 1. The van der Waals surface area contributed by atoms with E-state index in [0.29, 0.717) is 0 Å². The van der Waals surface area contributed by atoms with E-state index in [1.165, 1.54) is 6.07 Å². The van der Waals surface area contributed by atoms with Crippen molar-refractivity contribution in [1.29, 1.82) is 0 Å². The zero-order valence-corrected chi connectivity index (χ0v) is 12.7. The Labute approximate surface area is 134 Å². The van der Waals surface area contributed by atoms with E-state index in [-0.39, 0.29) is 0 Å². The van der Waals surface area contributed by atoms with E-state index < -0.39 is 61.6 Å². The predicted molar refractivity (Wildman–Crippen MR) is 73.7 cm³/mol. The highest BCUT2D eigenvalue weighted by Gasteiger charge is 2.55. The van der Waals surface area contributed by atoms with Gasteiger partial charge in [0, 0.05) is 6.20 Å². The number of nitrogens with zero attached hydrogens (tertiary/aromatic N) is 1. The maximum atomic E-state index is 12.1. The van der Waals surface area contributed by atoms with Gasteiger partial charge in [0.15, 0.2) is 5.69 Å². The molecule has 12 heteroatoms. The highest BCUT2D eigenvalue weighted by molar-refractivity contribution is 7.56. The van der Waals surface area contributed by atoms with Gasteiger partial charge in [0.05, 0.1) is 12.2 Å². The molecule has 0 aromatic carbocycles. The average Bonchev–Trinajstić information content (AvgIpc) is 2.83. The van der Waals surface area contributed by atoms with Crippen LogP contribution in [0.4, 0.5) is 0 Å². The fourth-order valence-electron chi connectivity index (χ4n) is 1.96. The van der Waals surface area contributed by atoms with Crippen LogP contribution in [0.5, 0.6) is 0 Å². The second-order valence-electron chi connectivity index (χ2n) is 4.72. The number of carboxylic acid groups (broad SMARTS) is 1. The summed E-state index contributed by atoms with van der Waals surface area (Å²) in [6.45, 7) is -0.765. The number of rotatable bonds is 5. The second kappa shape index (κ2) is 6.93. The van der Waals surface area contributed by atoms with E-state index in [9.17, 15) is 29.3 Å². The Morgan fingerprint density at radius 3 is 2.58 bits per heavy atom. The van der Waals surface area contributed by atoms with Gasteiger partial charge in [-0.2, -0.15) is 0 Å². The first kappa shape index (κ1) is 18.5. The highest BCUT2D eigenvalue weighted by Crippen LogP contribution is 2.58. The zero-order valence-electron chi connectivity index (χ0n) is 11.8. The summed E-state index contributed by atoms with van der Waals surface area (Å²) in [6, 6.07) is 2.27. The monoisotopic (exact) mass is 362 g/mol. The van der Waals surface area contributed by atoms with E-state index in [4.69, 9.17) is 14.9 Å². The van der Waals surface area contributed by atoms with E-state index in [1.807, 2.05) is 0 Å². The lowest BCUT2D eigenvalue weighted by molar-refractivity contribution is -0.00430. The summed E-state index contributed by atoms with van der Waals surface area (Å²) in [5.41, 5.74) is -1.29. The molecular formula is C12H13NO10P. The standard InChI is InChI=1S/C12H13NO10P/c14-4-6-8(15)9(16)12(22-6)24(20,21)23-11(19)7-5(10(17)18)2-1-3-13-7/h1-3,6,8-9,14-16H,4H2,(H,17,18)(H,20,21)/t6-,8-,9-/m1/s1. The minimum Gasteiger partial charge on any atom is -0.478 e. The van der Waals surface area contributed by atoms with Crippen molar-refractivity contribution in [2.45, 2.75) is 18.3 Å². The van der Waals surface area contributed by atoms with Gasteiger partial charge in [-0.3, -0.25) is 0 Å². The maximum absolute atomic E-state index is 12.1. The fourth-order valence-corrected chi connectivity index (χ4v) is 3.12. The summed E-state index contributed by atoms with van der Waals surface area (Å²) in [6.07, 6.45) is -3.98. The van der Waals surface area contributed by atoms with Gasteiger partial charge >= 0.3 is 19.5 Å². The number of ether oxygens (including phenoxy) is 1. The first-order valence-corrected chi connectivity index (χ1v) is 8.03. The minimum absolute atomic E-state index is 0.561. The third-order valence-corrected chi connectivity index (χ3v) is 4.47. The topological polar surface area (TPSA) is 184 Å². The third kappa shape index (κ3) is 3.46. The molecule has 0 amide bonds. The lowest BCUT2D eigenvalue weighted by Gasteiger charge is -2.19. The summed E-state index contributed by atoms with van der Waals surface area (Å²) in [5.74, 6) is -4.08. The Morgan fingerprint density at radius 2 is 2.04 bits per heavy atom. The summed E-state index contributed by atoms with van der Waals surface area (Å²) in [5, 5.41) is 37.1. The summed E-state index contributed by atoms with van der Waals surface area (Å²) in [4.78, 5) is 36.2. The molecule has 1 radical (unpaired) electrons. The van der Waals surface area contributed by atoms with Gasteiger partial charge in [0.1, 0.15) is 18.3 Å². The molecule has 1 unspecified atom stereocenters. The number of carbonyl (C=O) groups is 2. The minimum atomic E-state index is -5.07. The van der Waals surface area contributed by atoms with Crippen LogP contribution in [0.2, 0.25) is 0 Å². The van der Waals surface area contributed by atoms with Gasteiger partial charge in [-0.1, -0.05) is 0 Å². The largest absolute Gasteiger partial charge is 0.478 e. The Bertz CT molecular complexity index is 694. The number of aliphatic hydroxyl groups is 3. The molecule has 0 saturated carbocycles. The fraction of sp³-hybridized carbons (Fsp3) is 0.333. The number of carbonyl (C=O) groups excluding carboxylic acids is 1. The SMILES string of the molecule is O=C(O)c1cccnc1C(=O)OP(=O)(O)[C]1O[C@H](CO)[C@@H](O)[C@H]1O. The lowest BCUT2D eigenvalue weighted by Crippen LogP contribution is -2.32. The van der Waals surface area contributed by atoms with E-state index in [0.717, 1.165) is 12.3 Å². The molecule has 5 N–H and O–H groups in total. The Kier molecular flexibility index (Phi) is 5.33. The third-order valence-electron chi connectivity index (χ3n) is 3.13. The van der Waals surface area contributed by atoms with Crippen molar-refractivity contribution >= 4 is 19.5 Å². The molecule has 131 valence electrons. The van der Waals surface area contributed by atoms with E-state index in [1.54, 1.807) is 0 Å². The van der Waals surface area contributed by atoms with Gasteiger partial charge in [-0.05, 0) is 12.1 Å². The second-order valence-corrected chi connectivity index (χ2v) is 6.38. The molecule has 0 spiro atoms. The van der Waals surface area contributed by atoms with Crippen molar-refractivity contribution in [3.8, 4) is 0 Å². The number of hydrogen-bond donors (Lipinski definition) is 5.